The third-order valence-corrected chi connectivity index (χ3v) is 7.45. The van der Waals surface area contributed by atoms with E-state index in [1.807, 2.05) is 0 Å². The van der Waals surface area contributed by atoms with Crippen LogP contribution in [0.5, 0.6) is 11.5 Å². The fourth-order valence-corrected chi connectivity index (χ4v) is 5.72. The standard InChI is InChI=1S/C34H33NO/c1-5-6-7-10-25-16-23(3)34(24(4)17-25)35-30-18-26-11-8-9-12-27(26)20-32(30)36-33-21-28-14-13-22(2)15-29(28)19-31(33)35/h8-9,11-21H,5-7,10H2,1-4H3. The van der Waals surface area contributed by atoms with Crippen LogP contribution in [0.3, 0.4) is 0 Å². The normalized spacial score (nSPS) is 12.5. The van der Waals surface area contributed by atoms with E-state index in [0.717, 1.165) is 29.3 Å². The minimum absolute atomic E-state index is 0.901. The zero-order chi connectivity index (χ0) is 24.8. The van der Waals surface area contributed by atoms with E-state index in [0.29, 0.717) is 0 Å². The Bertz CT molecular complexity index is 1590. The summed E-state index contributed by atoms with van der Waals surface area (Å²) in [7, 11) is 0. The summed E-state index contributed by atoms with van der Waals surface area (Å²) in [6.07, 6.45) is 4.92. The van der Waals surface area contributed by atoms with Gasteiger partial charge in [-0.1, -0.05) is 79.9 Å². The van der Waals surface area contributed by atoms with Crippen molar-refractivity contribution >= 4 is 38.6 Å². The summed E-state index contributed by atoms with van der Waals surface area (Å²) in [5.74, 6) is 1.80. The van der Waals surface area contributed by atoms with Gasteiger partial charge in [-0.25, -0.2) is 0 Å². The van der Waals surface area contributed by atoms with Gasteiger partial charge in [0.25, 0.3) is 0 Å². The number of rotatable bonds is 5. The van der Waals surface area contributed by atoms with Gasteiger partial charge in [-0.15, -0.1) is 0 Å². The number of nitrogens with zero attached hydrogens (tertiary/aromatic N) is 1. The second-order valence-corrected chi connectivity index (χ2v) is 10.3. The number of hydrogen-bond donors (Lipinski definition) is 0. The van der Waals surface area contributed by atoms with Crippen LogP contribution in [0.25, 0.3) is 21.5 Å². The summed E-state index contributed by atoms with van der Waals surface area (Å²) >= 11 is 0. The minimum Gasteiger partial charge on any atom is -0.453 e. The molecule has 2 heteroatoms. The van der Waals surface area contributed by atoms with Crippen LogP contribution >= 0.6 is 0 Å². The molecule has 0 radical (unpaired) electrons. The summed E-state index contributed by atoms with van der Waals surface area (Å²) in [5, 5.41) is 4.84. The van der Waals surface area contributed by atoms with Gasteiger partial charge in [-0.2, -0.15) is 0 Å². The van der Waals surface area contributed by atoms with Crippen LogP contribution in [0.2, 0.25) is 0 Å². The zero-order valence-electron chi connectivity index (χ0n) is 21.7. The summed E-state index contributed by atoms with van der Waals surface area (Å²) in [6, 6.07) is 28.9. The third kappa shape index (κ3) is 3.91. The molecule has 0 aliphatic carbocycles. The summed E-state index contributed by atoms with van der Waals surface area (Å²) in [6.45, 7) is 8.93. The predicted octanol–water partition coefficient (Wildman–Crippen LogP) is 10.2. The third-order valence-electron chi connectivity index (χ3n) is 7.45. The van der Waals surface area contributed by atoms with Crippen molar-refractivity contribution in [2.45, 2.75) is 53.4 Å². The van der Waals surface area contributed by atoms with Gasteiger partial charge in [0.1, 0.15) is 0 Å². The average molecular weight is 472 g/mol. The maximum Gasteiger partial charge on any atom is 0.152 e. The zero-order valence-corrected chi connectivity index (χ0v) is 21.7. The van der Waals surface area contributed by atoms with E-state index in [-0.39, 0.29) is 0 Å². The van der Waals surface area contributed by atoms with Gasteiger partial charge in [-0.05, 0) is 96.1 Å². The minimum atomic E-state index is 0.901. The van der Waals surface area contributed by atoms with E-state index in [1.54, 1.807) is 0 Å². The molecule has 0 saturated carbocycles. The number of unbranched alkanes of at least 4 members (excludes halogenated alkanes) is 2. The highest BCUT2D eigenvalue weighted by atomic mass is 16.5. The van der Waals surface area contributed by atoms with Gasteiger partial charge >= 0.3 is 0 Å². The largest absolute Gasteiger partial charge is 0.453 e. The van der Waals surface area contributed by atoms with Gasteiger partial charge in [0.05, 0.1) is 17.1 Å². The van der Waals surface area contributed by atoms with E-state index in [9.17, 15) is 0 Å². The average Bonchev–Trinajstić information content (AvgIpc) is 2.86. The molecule has 0 bridgehead atoms. The molecule has 1 heterocycles. The van der Waals surface area contributed by atoms with E-state index >= 15 is 0 Å². The monoisotopic (exact) mass is 471 g/mol. The van der Waals surface area contributed by atoms with Crippen molar-refractivity contribution in [2.75, 3.05) is 4.90 Å². The molecule has 2 nitrogen and oxygen atoms in total. The van der Waals surface area contributed by atoms with Crippen molar-refractivity contribution in [1.29, 1.82) is 0 Å². The molecule has 5 aromatic rings. The maximum atomic E-state index is 6.60. The molecule has 0 fully saturated rings. The Morgan fingerprint density at radius 2 is 1.25 bits per heavy atom. The number of ether oxygens (including phenoxy) is 1. The highest BCUT2D eigenvalue weighted by Crippen LogP contribution is 2.54. The molecule has 0 saturated heterocycles. The van der Waals surface area contributed by atoms with Gasteiger partial charge in [0.2, 0.25) is 0 Å². The number of aryl methyl sites for hydroxylation is 4. The lowest BCUT2D eigenvalue weighted by Gasteiger charge is -2.35. The molecular formula is C34H33NO. The highest BCUT2D eigenvalue weighted by molar-refractivity contribution is 5.99. The van der Waals surface area contributed by atoms with E-state index in [1.165, 1.54) is 68.7 Å². The Hall–Kier alpha value is -3.78. The molecule has 6 rings (SSSR count). The first-order valence-electron chi connectivity index (χ1n) is 13.2. The second-order valence-electron chi connectivity index (χ2n) is 10.3. The molecule has 0 N–H and O–H groups in total. The molecule has 0 amide bonds. The molecule has 1 aliphatic heterocycles. The lowest BCUT2D eigenvalue weighted by atomic mass is 9.97. The van der Waals surface area contributed by atoms with Crippen LogP contribution in [0, 0.1) is 20.8 Å². The number of anilines is 3. The summed E-state index contributed by atoms with van der Waals surface area (Å²) in [5.41, 5.74) is 8.75. The van der Waals surface area contributed by atoms with Gasteiger partial charge in [0.15, 0.2) is 11.5 Å². The number of benzene rings is 5. The topological polar surface area (TPSA) is 12.5 Å². The fraction of sp³-hybridized carbons (Fsp3) is 0.235. The van der Waals surface area contributed by atoms with Gasteiger partial charge in [-0.3, -0.25) is 0 Å². The first-order valence-corrected chi connectivity index (χ1v) is 13.2. The molecule has 0 unspecified atom stereocenters. The summed E-state index contributed by atoms with van der Waals surface area (Å²) in [4.78, 5) is 2.43. The predicted molar refractivity (Wildman–Crippen MR) is 154 cm³/mol. The number of hydrogen-bond acceptors (Lipinski definition) is 2. The van der Waals surface area contributed by atoms with Gasteiger partial charge in [0, 0.05) is 0 Å². The molecule has 0 atom stereocenters. The van der Waals surface area contributed by atoms with Crippen molar-refractivity contribution in [3.63, 3.8) is 0 Å². The van der Waals surface area contributed by atoms with E-state index in [2.05, 4.69) is 111 Å². The van der Waals surface area contributed by atoms with Gasteiger partial charge < -0.3 is 9.64 Å². The Balaban J connectivity index is 1.58. The van der Waals surface area contributed by atoms with Crippen LogP contribution in [0.1, 0.15) is 48.4 Å². The quantitative estimate of drug-likeness (QED) is 0.232. The van der Waals surface area contributed by atoms with Crippen molar-refractivity contribution in [1.82, 2.24) is 0 Å². The molecule has 5 aromatic carbocycles. The lowest BCUT2D eigenvalue weighted by Crippen LogP contribution is -2.18. The van der Waals surface area contributed by atoms with Crippen molar-refractivity contribution in [2.24, 2.45) is 0 Å². The Labute approximate surface area is 214 Å². The van der Waals surface area contributed by atoms with Crippen LogP contribution in [-0.2, 0) is 6.42 Å². The molecule has 180 valence electrons. The van der Waals surface area contributed by atoms with E-state index in [4.69, 9.17) is 4.74 Å². The van der Waals surface area contributed by atoms with Crippen molar-refractivity contribution in [3.8, 4) is 11.5 Å². The molecule has 0 spiro atoms. The highest BCUT2D eigenvalue weighted by Gasteiger charge is 2.29. The first kappa shape index (κ1) is 22.7. The molecule has 0 aromatic heterocycles. The van der Waals surface area contributed by atoms with Crippen LogP contribution in [0.15, 0.2) is 78.9 Å². The maximum absolute atomic E-state index is 6.60. The molecule has 1 aliphatic rings. The van der Waals surface area contributed by atoms with Crippen LogP contribution in [0.4, 0.5) is 17.1 Å². The molecular weight excluding hydrogens is 438 g/mol. The second kappa shape index (κ2) is 9.02. The lowest BCUT2D eigenvalue weighted by molar-refractivity contribution is 0.478. The van der Waals surface area contributed by atoms with Crippen LogP contribution in [-0.4, -0.2) is 0 Å². The Morgan fingerprint density at radius 1 is 0.639 bits per heavy atom. The van der Waals surface area contributed by atoms with E-state index < -0.39 is 0 Å². The Kier molecular flexibility index (Phi) is 5.68. The molecule has 36 heavy (non-hydrogen) atoms. The smallest absolute Gasteiger partial charge is 0.152 e. The SMILES string of the molecule is CCCCCc1cc(C)c(N2c3cc4ccccc4cc3Oc3cc4ccc(C)cc4cc32)c(C)c1. The summed E-state index contributed by atoms with van der Waals surface area (Å²) < 4.78 is 6.60. The number of fused-ring (bicyclic) bond motifs is 4. The van der Waals surface area contributed by atoms with Crippen molar-refractivity contribution < 1.29 is 4.74 Å². The van der Waals surface area contributed by atoms with Crippen LogP contribution < -0.4 is 9.64 Å². The van der Waals surface area contributed by atoms with Crippen molar-refractivity contribution in [3.05, 3.63) is 101 Å². The Morgan fingerprint density at radius 3 is 1.92 bits per heavy atom. The first-order chi connectivity index (χ1) is 17.5. The fourth-order valence-electron chi connectivity index (χ4n) is 5.72.